The van der Waals surface area contributed by atoms with E-state index in [-0.39, 0.29) is 11.5 Å². The van der Waals surface area contributed by atoms with Crippen LogP contribution in [0.15, 0.2) is 42.5 Å². The molecular formula is C16H16FN3O3. The predicted molar refractivity (Wildman–Crippen MR) is 85.0 cm³/mol. The third-order valence-electron chi connectivity index (χ3n) is 3.27. The largest absolute Gasteiger partial charge is 0.338 e. The van der Waals surface area contributed by atoms with E-state index in [4.69, 9.17) is 0 Å². The number of nitrogens with one attached hydrogen (secondary N) is 2. The number of aryl methyl sites for hydroxylation is 1. The molecule has 2 aromatic carbocycles. The zero-order valence-corrected chi connectivity index (χ0v) is 12.5. The summed E-state index contributed by atoms with van der Waals surface area (Å²) in [5.41, 5.74) is 1.78. The maximum absolute atomic E-state index is 13.0. The Morgan fingerprint density at radius 2 is 2.04 bits per heavy atom. The molecule has 2 N–H and O–H groups in total. The molecule has 2 amide bonds. The lowest BCUT2D eigenvalue weighted by Crippen LogP contribution is -2.30. The van der Waals surface area contributed by atoms with Crippen LogP contribution in [0, 0.1) is 22.9 Å². The molecule has 0 heterocycles. The van der Waals surface area contributed by atoms with E-state index in [9.17, 15) is 19.3 Å². The molecular weight excluding hydrogens is 301 g/mol. The summed E-state index contributed by atoms with van der Waals surface area (Å²) in [7, 11) is 0. The first-order chi connectivity index (χ1) is 11.0. The summed E-state index contributed by atoms with van der Waals surface area (Å²) in [6.45, 7) is 2.06. The second-order valence-electron chi connectivity index (χ2n) is 5.02. The summed E-state index contributed by atoms with van der Waals surface area (Å²) in [5, 5.41) is 16.0. The monoisotopic (exact) mass is 317 g/mol. The molecule has 0 aromatic heterocycles. The molecule has 2 aromatic rings. The van der Waals surface area contributed by atoms with Crippen LogP contribution in [0.3, 0.4) is 0 Å². The number of nitro benzene ring substituents is 1. The molecule has 0 aliphatic carbocycles. The van der Waals surface area contributed by atoms with Gasteiger partial charge in [-0.05, 0) is 36.6 Å². The fourth-order valence-electron chi connectivity index (χ4n) is 2.04. The highest BCUT2D eigenvalue weighted by Crippen LogP contribution is 2.21. The van der Waals surface area contributed by atoms with Crippen LogP contribution in [0.5, 0.6) is 0 Å². The molecule has 23 heavy (non-hydrogen) atoms. The highest BCUT2D eigenvalue weighted by atomic mass is 19.1. The van der Waals surface area contributed by atoms with Gasteiger partial charge in [-0.2, -0.15) is 0 Å². The fraction of sp³-hybridized carbons (Fsp3) is 0.188. The number of amides is 2. The van der Waals surface area contributed by atoms with E-state index in [1.807, 2.05) is 0 Å². The van der Waals surface area contributed by atoms with Gasteiger partial charge < -0.3 is 10.6 Å². The Kier molecular flexibility index (Phi) is 5.24. The van der Waals surface area contributed by atoms with Crippen LogP contribution in [-0.2, 0) is 6.42 Å². The average molecular weight is 317 g/mol. The molecule has 120 valence electrons. The Morgan fingerprint density at radius 1 is 1.26 bits per heavy atom. The highest BCUT2D eigenvalue weighted by Gasteiger charge is 2.10. The molecule has 0 bridgehead atoms. The zero-order chi connectivity index (χ0) is 16.8. The van der Waals surface area contributed by atoms with Crippen molar-refractivity contribution in [2.24, 2.45) is 0 Å². The molecule has 0 spiro atoms. The highest BCUT2D eigenvalue weighted by molar-refractivity contribution is 5.90. The number of rotatable bonds is 5. The smallest absolute Gasteiger partial charge is 0.319 e. The van der Waals surface area contributed by atoms with Crippen molar-refractivity contribution in [1.29, 1.82) is 0 Å². The van der Waals surface area contributed by atoms with Gasteiger partial charge in [-0.15, -0.1) is 0 Å². The van der Waals surface area contributed by atoms with Crippen LogP contribution in [0.2, 0.25) is 0 Å². The number of halogens is 1. The molecule has 0 unspecified atom stereocenters. The number of urea groups is 1. The van der Waals surface area contributed by atoms with Crippen molar-refractivity contribution in [1.82, 2.24) is 5.32 Å². The Labute approximate surface area is 132 Å². The first kappa shape index (κ1) is 16.4. The number of hydrogen-bond acceptors (Lipinski definition) is 3. The van der Waals surface area contributed by atoms with Gasteiger partial charge in [0.15, 0.2) is 0 Å². The Morgan fingerprint density at radius 3 is 2.74 bits per heavy atom. The Balaban J connectivity index is 1.90. The maximum Gasteiger partial charge on any atom is 0.319 e. The summed E-state index contributed by atoms with van der Waals surface area (Å²) < 4.78 is 13.0. The molecule has 6 nitrogen and oxygen atoms in total. The SMILES string of the molecule is Cc1ccc([N+](=O)[O-])cc1NC(=O)NCCc1cccc(F)c1. The van der Waals surface area contributed by atoms with E-state index in [2.05, 4.69) is 10.6 Å². The summed E-state index contributed by atoms with van der Waals surface area (Å²) in [6.07, 6.45) is 0.485. The lowest BCUT2D eigenvalue weighted by molar-refractivity contribution is -0.384. The second kappa shape index (κ2) is 7.35. The number of anilines is 1. The van der Waals surface area contributed by atoms with Crippen LogP contribution in [-0.4, -0.2) is 17.5 Å². The number of nitrogens with zero attached hydrogens (tertiary/aromatic N) is 1. The number of hydrogen-bond donors (Lipinski definition) is 2. The van der Waals surface area contributed by atoms with Crippen molar-refractivity contribution in [3.63, 3.8) is 0 Å². The zero-order valence-electron chi connectivity index (χ0n) is 12.5. The van der Waals surface area contributed by atoms with Gasteiger partial charge in [0.25, 0.3) is 5.69 Å². The lowest BCUT2D eigenvalue weighted by Gasteiger charge is -2.10. The van der Waals surface area contributed by atoms with Gasteiger partial charge in [-0.3, -0.25) is 10.1 Å². The Bertz CT molecular complexity index is 734. The molecule has 0 saturated heterocycles. The van der Waals surface area contributed by atoms with Gasteiger partial charge in [-0.1, -0.05) is 18.2 Å². The number of non-ortho nitro benzene ring substituents is 1. The molecule has 0 aliphatic heterocycles. The topological polar surface area (TPSA) is 84.3 Å². The standard InChI is InChI=1S/C16H16FN3O3/c1-11-5-6-14(20(22)23)10-15(11)19-16(21)18-8-7-12-3-2-4-13(17)9-12/h2-6,9-10H,7-8H2,1H3,(H2,18,19,21). The molecule has 0 atom stereocenters. The van der Waals surface area contributed by atoms with E-state index in [0.717, 1.165) is 11.1 Å². The Hall–Kier alpha value is -2.96. The quantitative estimate of drug-likeness (QED) is 0.654. The summed E-state index contributed by atoms with van der Waals surface area (Å²) in [5.74, 6) is -0.320. The van der Waals surface area contributed by atoms with Crippen molar-refractivity contribution < 1.29 is 14.1 Å². The fourth-order valence-corrected chi connectivity index (χ4v) is 2.04. The third kappa shape index (κ3) is 4.77. The van der Waals surface area contributed by atoms with Gasteiger partial charge in [0.2, 0.25) is 0 Å². The van der Waals surface area contributed by atoms with E-state index in [0.29, 0.717) is 18.7 Å². The van der Waals surface area contributed by atoms with E-state index in [1.165, 1.54) is 24.3 Å². The number of nitro groups is 1. The summed E-state index contributed by atoms with van der Waals surface area (Å²) >= 11 is 0. The first-order valence-electron chi connectivity index (χ1n) is 7.00. The molecule has 2 rings (SSSR count). The first-order valence-corrected chi connectivity index (χ1v) is 7.00. The van der Waals surface area contributed by atoms with Gasteiger partial charge in [0, 0.05) is 18.7 Å². The van der Waals surface area contributed by atoms with Crippen LogP contribution < -0.4 is 10.6 Å². The summed E-state index contributed by atoms with van der Waals surface area (Å²) in [4.78, 5) is 22.1. The normalized spacial score (nSPS) is 10.2. The van der Waals surface area contributed by atoms with Crippen LogP contribution >= 0.6 is 0 Å². The molecule has 0 saturated carbocycles. The van der Waals surface area contributed by atoms with Crippen LogP contribution in [0.25, 0.3) is 0 Å². The molecule has 0 aliphatic rings. The molecule has 7 heteroatoms. The lowest BCUT2D eigenvalue weighted by atomic mass is 10.1. The van der Waals surface area contributed by atoms with Gasteiger partial charge in [0.05, 0.1) is 10.6 Å². The van der Waals surface area contributed by atoms with E-state index >= 15 is 0 Å². The van der Waals surface area contributed by atoms with E-state index < -0.39 is 11.0 Å². The predicted octanol–water partition coefficient (Wildman–Crippen LogP) is 3.41. The average Bonchev–Trinajstić information content (AvgIpc) is 2.49. The van der Waals surface area contributed by atoms with Crippen molar-refractivity contribution in [3.05, 3.63) is 69.5 Å². The minimum Gasteiger partial charge on any atom is -0.338 e. The van der Waals surface area contributed by atoms with E-state index in [1.54, 1.807) is 25.1 Å². The third-order valence-corrected chi connectivity index (χ3v) is 3.27. The van der Waals surface area contributed by atoms with Crippen LogP contribution in [0.4, 0.5) is 20.6 Å². The number of carbonyl (C=O) groups is 1. The molecule has 0 fully saturated rings. The summed E-state index contributed by atoms with van der Waals surface area (Å²) in [6, 6.07) is 9.93. The maximum atomic E-state index is 13.0. The number of carbonyl (C=O) groups excluding carboxylic acids is 1. The molecule has 0 radical (unpaired) electrons. The van der Waals surface area contributed by atoms with Gasteiger partial charge in [-0.25, -0.2) is 9.18 Å². The van der Waals surface area contributed by atoms with Crippen molar-refractivity contribution in [2.45, 2.75) is 13.3 Å². The minimum absolute atomic E-state index is 0.0920. The van der Waals surface area contributed by atoms with Crippen LogP contribution in [0.1, 0.15) is 11.1 Å². The number of benzene rings is 2. The van der Waals surface area contributed by atoms with Gasteiger partial charge in [0.1, 0.15) is 5.82 Å². The van der Waals surface area contributed by atoms with Crippen molar-refractivity contribution in [2.75, 3.05) is 11.9 Å². The minimum atomic E-state index is -0.521. The van der Waals surface area contributed by atoms with Gasteiger partial charge >= 0.3 is 6.03 Å². The van der Waals surface area contributed by atoms with Crippen molar-refractivity contribution in [3.8, 4) is 0 Å². The van der Waals surface area contributed by atoms with Crippen molar-refractivity contribution >= 4 is 17.4 Å². The second-order valence-corrected chi connectivity index (χ2v) is 5.02.